The topological polar surface area (TPSA) is 90.6 Å². The van der Waals surface area contributed by atoms with E-state index in [1.54, 1.807) is 24.3 Å². The largest absolute Gasteiger partial charge is 0.465 e. The molecule has 1 fully saturated rings. The SMILES string of the molecule is COC(=O)c1ccccc1NC(=O)C1COCC1N. The van der Waals surface area contributed by atoms with Gasteiger partial charge in [-0.15, -0.1) is 0 Å². The van der Waals surface area contributed by atoms with Gasteiger partial charge in [-0.1, -0.05) is 12.1 Å². The van der Waals surface area contributed by atoms with Crippen LogP contribution >= 0.6 is 0 Å². The number of nitrogens with one attached hydrogen (secondary N) is 1. The van der Waals surface area contributed by atoms with Crippen LogP contribution in [0, 0.1) is 5.92 Å². The predicted molar refractivity (Wildman–Crippen MR) is 68.7 cm³/mol. The Hall–Kier alpha value is -1.92. The molecule has 0 aliphatic carbocycles. The Labute approximate surface area is 110 Å². The van der Waals surface area contributed by atoms with E-state index in [0.29, 0.717) is 24.5 Å². The van der Waals surface area contributed by atoms with Crippen LogP contribution < -0.4 is 11.1 Å². The number of carbonyl (C=O) groups is 2. The van der Waals surface area contributed by atoms with E-state index < -0.39 is 11.9 Å². The number of esters is 1. The maximum absolute atomic E-state index is 12.1. The maximum Gasteiger partial charge on any atom is 0.339 e. The summed E-state index contributed by atoms with van der Waals surface area (Å²) in [6.07, 6.45) is 0. The maximum atomic E-state index is 12.1. The highest BCUT2D eigenvalue weighted by molar-refractivity contribution is 6.02. The van der Waals surface area contributed by atoms with Crippen molar-refractivity contribution in [2.24, 2.45) is 11.7 Å². The minimum atomic E-state index is -0.497. The summed E-state index contributed by atoms with van der Waals surface area (Å²) in [6, 6.07) is 6.35. The molecule has 1 aromatic carbocycles. The minimum Gasteiger partial charge on any atom is -0.465 e. The lowest BCUT2D eigenvalue weighted by Crippen LogP contribution is -2.37. The number of hydrogen-bond acceptors (Lipinski definition) is 5. The van der Waals surface area contributed by atoms with E-state index in [0.717, 1.165) is 0 Å². The Morgan fingerprint density at radius 2 is 2.11 bits per heavy atom. The number of benzene rings is 1. The normalized spacial score (nSPS) is 22.0. The Kier molecular flexibility index (Phi) is 4.13. The molecule has 1 aliphatic heterocycles. The van der Waals surface area contributed by atoms with E-state index in [1.807, 2.05) is 0 Å². The standard InChI is InChI=1S/C13H16N2O4/c1-18-13(17)8-4-2-3-5-11(8)15-12(16)9-6-19-7-10(9)14/h2-5,9-10H,6-7,14H2,1H3,(H,15,16). The third-order valence-electron chi connectivity index (χ3n) is 3.05. The number of para-hydroxylation sites is 1. The number of ether oxygens (including phenoxy) is 2. The molecule has 3 N–H and O–H groups in total. The van der Waals surface area contributed by atoms with E-state index in [1.165, 1.54) is 7.11 Å². The van der Waals surface area contributed by atoms with Crippen LogP contribution in [0.25, 0.3) is 0 Å². The van der Waals surface area contributed by atoms with E-state index >= 15 is 0 Å². The molecule has 19 heavy (non-hydrogen) atoms. The fourth-order valence-corrected chi connectivity index (χ4v) is 1.95. The van der Waals surface area contributed by atoms with Crippen LogP contribution in [0.15, 0.2) is 24.3 Å². The highest BCUT2D eigenvalue weighted by Crippen LogP contribution is 2.19. The summed E-state index contributed by atoms with van der Waals surface area (Å²) < 4.78 is 9.82. The van der Waals surface area contributed by atoms with Crippen molar-refractivity contribution in [1.29, 1.82) is 0 Å². The number of carbonyl (C=O) groups excluding carboxylic acids is 2. The van der Waals surface area contributed by atoms with Gasteiger partial charge >= 0.3 is 5.97 Å². The Morgan fingerprint density at radius 3 is 2.74 bits per heavy atom. The second-order valence-electron chi connectivity index (χ2n) is 4.33. The molecule has 0 radical (unpaired) electrons. The predicted octanol–water partition coefficient (Wildman–Crippen LogP) is 0.385. The second kappa shape index (κ2) is 5.81. The van der Waals surface area contributed by atoms with Gasteiger partial charge in [-0.05, 0) is 12.1 Å². The molecular weight excluding hydrogens is 248 g/mol. The number of methoxy groups -OCH3 is 1. The van der Waals surface area contributed by atoms with Crippen molar-refractivity contribution in [3.05, 3.63) is 29.8 Å². The summed E-state index contributed by atoms with van der Waals surface area (Å²) >= 11 is 0. The van der Waals surface area contributed by atoms with Crippen LogP contribution in [-0.2, 0) is 14.3 Å². The fraction of sp³-hybridized carbons (Fsp3) is 0.385. The fourth-order valence-electron chi connectivity index (χ4n) is 1.95. The van der Waals surface area contributed by atoms with Crippen LogP contribution in [0.2, 0.25) is 0 Å². The third kappa shape index (κ3) is 2.91. The molecule has 2 atom stereocenters. The summed E-state index contributed by atoms with van der Waals surface area (Å²) in [5.41, 5.74) is 6.51. The van der Waals surface area contributed by atoms with Crippen molar-refractivity contribution in [2.45, 2.75) is 6.04 Å². The van der Waals surface area contributed by atoms with Gasteiger partial charge in [0.25, 0.3) is 0 Å². The molecule has 0 saturated carbocycles. The van der Waals surface area contributed by atoms with Gasteiger partial charge < -0.3 is 20.5 Å². The number of anilines is 1. The average Bonchev–Trinajstić information content (AvgIpc) is 2.85. The van der Waals surface area contributed by atoms with Gasteiger partial charge in [0.05, 0.1) is 37.5 Å². The third-order valence-corrected chi connectivity index (χ3v) is 3.05. The van der Waals surface area contributed by atoms with E-state index in [-0.39, 0.29) is 11.9 Å². The van der Waals surface area contributed by atoms with Crippen LogP contribution in [0.5, 0.6) is 0 Å². The smallest absolute Gasteiger partial charge is 0.339 e. The van der Waals surface area contributed by atoms with Crippen molar-refractivity contribution in [1.82, 2.24) is 0 Å². The monoisotopic (exact) mass is 264 g/mol. The first kappa shape index (κ1) is 13.5. The van der Waals surface area contributed by atoms with Gasteiger partial charge in [0.2, 0.25) is 5.91 Å². The van der Waals surface area contributed by atoms with E-state index in [9.17, 15) is 9.59 Å². The Bertz CT molecular complexity index is 489. The quantitative estimate of drug-likeness (QED) is 0.770. The molecule has 1 saturated heterocycles. The van der Waals surface area contributed by atoms with E-state index in [4.69, 9.17) is 10.5 Å². The summed E-state index contributed by atoms with van der Waals surface area (Å²) in [5, 5.41) is 2.70. The van der Waals surface area contributed by atoms with Crippen LogP contribution in [0.4, 0.5) is 5.69 Å². The van der Waals surface area contributed by atoms with Crippen LogP contribution in [-0.4, -0.2) is 38.2 Å². The zero-order valence-electron chi connectivity index (χ0n) is 10.6. The number of nitrogens with two attached hydrogens (primary N) is 1. The molecule has 2 unspecified atom stereocenters. The number of rotatable bonds is 3. The van der Waals surface area contributed by atoms with Gasteiger partial charge in [0, 0.05) is 6.04 Å². The summed E-state index contributed by atoms with van der Waals surface area (Å²) in [4.78, 5) is 23.6. The first-order valence-electron chi connectivity index (χ1n) is 5.95. The first-order chi connectivity index (χ1) is 9.13. The molecule has 1 amide bonds. The van der Waals surface area contributed by atoms with Crippen molar-refractivity contribution >= 4 is 17.6 Å². The summed E-state index contributed by atoms with van der Waals surface area (Å²) in [5.74, 6) is -1.14. The molecule has 1 aliphatic rings. The Balaban J connectivity index is 2.14. The van der Waals surface area contributed by atoms with Gasteiger partial charge in [-0.3, -0.25) is 4.79 Å². The zero-order chi connectivity index (χ0) is 13.8. The lowest BCUT2D eigenvalue weighted by molar-refractivity contribution is -0.120. The van der Waals surface area contributed by atoms with Gasteiger partial charge in [0.1, 0.15) is 0 Å². The Morgan fingerprint density at radius 1 is 1.37 bits per heavy atom. The molecule has 0 aromatic heterocycles. The molecule has 102 valence electrons. The second-order valence-corrected chi connectivity index (χ2v) is 4.33. The molecule has 0 bridgehead atoms. The highest BCUT2D eigenvalue weighted by atomic mass is 16.5. The van der Waals surface area contributed by atoms with Gasteiger partial charge in [-0.25, -0.2) is 4.79 Å². The number of amides is 1. The van der Waals surface area contributed by atoms with Gasteiger partial charge in [-0.2, -0.15) is 0 Å². The highest BCUT2D eigenvalue weighted by Gasteiger charge is 2.31. The van der Waals surface area contributed by atoms with Crippen molar-refractivity contribution < 1.29 is 19.1 Å². The summed E-state index contributed by atoms with van der Waals surface area (Å²) in [6.45, 7) is 0.671. The number of hydrogen-bond donors (Lipinski definition) is 2. The lowest BCUT2D eigenvalue weighted by atomic mass is 10.0. The zero-order valence-corrected chi connectivity index (χ0v) is 10.6. The lowest BCUT2D eigenvalue weighted by Gasteiger charge is -2.15. The molecule has 1 aromatic rings. The molecule has 6 nitrogen and oxygen atoms in total. The van der Waals surface area contributed by atoms with Crippen LogP contribution in [0.3, 0.4) is 0 Å². The summed E-state index contributed by atoms with van der Waals surface area (Å²) in [7, 11) is 1.29. The first-order valence-corrected chi connectivity index (χ1v) is 5.95. The molecule has 1 heterocycles. The average molecular weight is 264 g/mol. The van der Waals surface area contributed by atoms with Crippen molar-refractivity contribution in [2.75, 3.05) is 25.6 Å². The van der Waals surface area contributed by atoms with Crippen molar-refractivity contribution in [3.63, 3.8) is 0 Å². The van der Waals surface area contributed by atoms with Gasteiger partial charge in [0.15, 0.2) is 0 Å². The molecule has 0 spiro atoms. The van der Waals surface area contributed by atoms with Crippen molar-refractivity contribution in [3.8, 4) is 0 Å². The molecule has 6 heteroatoms. The molecule has 2 rings (SSSR count). The van der Waals surface area contributed by atoms with Crippen LogP contribution in [0.1, 0.15) is 10.4 Å². The minimum absolute atomic E-state index is 0.249. The van der Waals surface area contributed by atoms with E-state index in [2.05, 4.69) is 10.1 Å². The molecular formula is C13H16N2O4.